The molecule has 192 valence electrons. The van der Waals surface area contributed by atoms with Gasteiger partial charge in [-0.1, -0.05) is 42.0 Å². The summed E-state index contributed by atoms with van der Waals surface area (Å²) in [5.74, 6) is 0.264. The summed E-state index contributed by atoms with van der Waals surface area (Å²) in [6, 6.07) is 24.7. The van der Waals surface area contributed by atoms with Crippen molar-refractivity contribution in [2.24, 2.45) is 0 Å². The van der Waals surface area contributed by atoms with E-state index < -0.39 is 5.54 Å². The normalized spacial score (nSPS) is 16.7. The van der Waals surface area contributed by atoms with Crippen molar-refractivity contribution in [3.63, 3.8) is 0 Å². The molecular formula is C30H29N5O3. The Morgan fingerprint density at radius 2 is 1.84 bits per heavy atom. The van der Waals surface area contributed by atoms with Gasteiger partial charge in [-0.25, -0.2) is 4.68 Å². The predicted octanol–water partition coefficient (Wildman–Crippen LogP) is 4.82. The van der Waals surface area contributed by atoms with Gasteiger partial charge in [0.25, 0.3) is 5.91 Å². The molecule has 8 heteroatoms. The van der Waals surface area contributed by atoms with Crippen LogP contribution < -0.4 is 14.8 Å². The van der Waals surface area contributed by atoms with Crippen LogP contribution in [-0.2, 0) is 18.5 Å². The summed E-state index contributed by atoms with van der Waals surface area (Å²) in [7, 11) is 3.08. The van der Waals surface area contributed by atoms with Gasteiger partial charge in [0.05, 0.1) is 37.6 Å². The number of fused-ring (bicyclic) bond motifs is 3. The van der Waals surface area contributed by atoms with Gasteiger partial charge in [-0.3, -0.25) is 4.79 Å². The van der Waals surface area contributed by atoms with Gasteiger partial charge in [-0.15, -0.1) is 5.10 Å². The van der Waals surface area contributed by atoms with E-state index in [1.165, 1.54) is 29.3 Å². The maximum Gasteiger partial charge on any atom is 0.335 e. The number of aryl methyl sites for hydroxylation is 2. The SMILES string of the molecule is COc1ncn(-c2ccc(C(=O)N[C@]3(c4ccccc4)CCc4cc5cc(C)ccc5n4C3)c(OC)c2)n1. The Bertz CT molecular complexity index is 1640. The first kappa shape index (κ1) is 23.8. The van der Waals surface area contributed by atoms with Crippen LogP contribution in [0.2, 0.25) is 0 Å². The van der Waals surface area contributed by atoms with E-state index in [1.807, 2.05) is 24.3 Å². The number of benzene rings is 3. The molecule has 0 aliphatic carbocycles. The zero-order valence-electron chi connectivity index (χ0n) is 21.6. The maximum absolute atomic E-state index is 13.9. The number of methoxy groups -OCH3 is 2. The molecule has 38 heavy (non-hydrogen) atoms. The van der Waals surface area contributed by atoms with E-state index in [0.717, 1.165) is 18.4 Å². The second kappa shape index (κ2) is 9.37. The lowest BCUT2D eigenvalue weighted by Crippen LogP contribution is -2.51. The van der Waals surface area contributed by atoms with Crippen LogP contribution in [0.3, 0.4) is 0 Å². The minimum atomic E-state index is -0.578. The van der Waals surface area contributed by atoms with Crippen molar-refractivity contribution in [1.29, 1.82) is 0 Å². The fourth-order valence-corrected chi connectivity index (χ4v) is 5.46. The Labute approximate surface area is 220 Å². The summed E-state index contributed by atoms with van der Waals surface area (Å²) < 4.78 is 14.7. The van der Waals surface area contributed by atoms with E-state index in [4.69, 9.17) is 9.47 Å². The van der Waals surface area contributed by atoms with Gasteiger partial charge in [-0.2, -0.15) is 4.98 Å². The van der Waals surface area contributed by atoms with Gasteiger partial charge in [0.15, 0.2) is 0 Å². The van der Waals surface area contributed by atoms with Crippen molar-refractivity contribution in [2.75, 3.05) is 14.2 Å². The van der Waals surface area contributed by atoms with Gasteiger partial charge >= 0.3 is 6.01 Å². The number of rotatable bonds is 6. The largest absolute Gasteiger partial charge is 0.496 e. The molecule has 1 aliphatic rings. The molecule has 0 saturated heterocycles. The summed E-state index contributed by atoms with van der Waals surface area (Å²) in [6.45, 7) is 2.76. The van der Waals surface area contributed by atoms with Crippen molar-refractivity contribution in [1.82, 2.24) is 24.6 Å². The molecule has 0 radical (unpaired) electrons. The van der Waals surface area contributed by atoms with Gasteiger partial charge in [0, 0.05) is 22.7 Å². The van der Waals surface area contributed by atoms with Crippen molar-refractivity contribution < 1.29 is 14.3 Å². The monoisotopic (exact) mass is 507 g/mol. The van der Waals surface area contributed by atoms with Crippen LogP contribution in [0.15, 0.2) is 79.1 Å². The standard InChI is InChI=1S/C30H29N5O3/c1-20-9-12-26-21(15-20)16-23-13-14-30(18-34(23)26,22-7-5-4-6-8-22)32-28(36)25-11-10-24(17-27(25)37-2)35-19-31-29(33-35)38-3/h4-12,15-17,19H,13-14,18H2,1-3H3,(H,32,36)/t30-/m1/s1. The fraction of sp³-hybridized carbons (Fsp3) is 0.233. The summed E-state index contributed by atoms with van der Waals surface area (Å²) >= 11 is 0. The molecule has 3 aromatic carbocycles. The van der Waals surface area contributed by atoms with Crippen LogP contribution in [0.25, 0.3) is 16.6 Å². The number of aromatic nitrogens is 4. The van der Waals surface area contributed by atoms with E-state index in [2.05, 4.69) is 63.3 Å². The maximum atomic E-state index is 13.9. The number of hydrogen-bond acceptors (Lipinski definition) is 5. The Kier molecular flexibility index (Phi) is 5.87. The van der Waals surface area contributed by atoms with E-state index in [9.17, 15) is 4.79 Å². The molecule has 8 nitrogen and oxygen atoms in total. The minimum Gasteiger partial charge on any atom is -0.496 e. The van der Waals surface area contributed by atoms with Crippen LogP contribution >= 0.6 is 0 Å². The highest BCUT2D eigenvalue weighted by atomic mass is 16.5. The van der Waals surface area contributed by atoms with Gasteiger partial charge in [0.2, 0.25) is 0 Å². The Morgan fingerprint density at radius 1 is 1.00 bits per heavy atom. The first-order valence-corrected chi connectivity index (χ1v) is 12.6. The number of amides is 1. The topological polar surface area (TPSA) is 83.2 Å². The number of carbonyl (C=O) groups is 1. The molecule has 0 bridgehead atoms. The van der Waals surface area contributed by atoms with E-state index in [-0.39, 0.29) is 11.9 Å². The smallest absolute Gasteiger partial charge is 0.335 e. The molecule has 0 spiro atoms. The summed E-state index contributed by atoms with van der Waals surface area (Å²) in [5.41, 5.74) is 5.38. The molecule has 1 N–H and O–H groups in total. The summed E-state index contributed by atoms with van der Waals surface area (Å²) in [4.78, 5) is 18.0. The van der Waals surface area contributed by atoms with Crippen LogP contribution in [0.1, 0.15) is 33.6 Å². The molecule has 1 atom stereocenters. The number of nitrogens with one attached hydrogen (secondary N) is 1. The van der Waals surface area contributed by atoms with Crippen molar-refractivity contribution in [3.05, 3.63) is 102 Å². The third-order valence-corrected chi connectivity index (χ3v) is 7.41. The van der Waals surface area contributed by atoms with Gasteiger partial charge < -0.3 is 19.4 Å². The molecule has 2 aromatic heterocycles. The Morgan fingerprint density at radius 3 is 2.61 bits per heavy atom. The average Bonchev–Trinajstić information content (AvgIpc) is 3.57. The van der Waals surface area contributed by atoms with E-state index in [0.29, 0.717) is 23.5 Å². The number of ether oxygens (including phenoxy) is 2. The van der Waals surface area contributed by atoms with E-state index in [1.54, 1.807) is 30.3 Å². The highest BCUT2D eigenvalue weighted by Crippen LogP contribution is 2.37. The predicted molar refractivity (Wildman–Crippen MR) is 145 cm³/mol. The molecule has 6 rings (SSSR count). The molecule has 1 amide bonds. The molecule has 0 unspecified atom stereocenters. The summed E-state index contributed by atoms with van der Waals surface area (Å²) in [6.07, 6.45) is 3.20. The van der Waals surface area contributed by atoms with Gasteiger partial charge in [0.1, 0.15) is 12.1 Å². The highest BCUT2D eigenvalue weighted by molar-refractivity contribution is 5.98. The lowest BCUT2D eigenvalue weighted by atomic mass is 9.82. The van der Waals surface area contributed by atoms with Crippen LogP contribution in [-0.4, -0.2) is 39.5 Å². The first-order valence-electron chi connectivity index (χ1n) is 12.6. The fourth-order valence-electron chi connectivity index (χ4n) is 5.46. The molecule has 0 saturated carbocycles. The second-order valence-corrected chi connectivity index (χ2v) is 9.75. The van der Waals surface area contributed by atoms with Gasteiger partial charge in [-0.05, 0) is 55.7 Å². The molecule has 0 fully saturated rings. The van der Waals surface area contributed by atoms with Crippen LogP contribution in [0.5, 0.6) is 11.8 Å². The molecular weight excluding hydrogens is 478 g/mol. The number of carbonyl (C=O) groups excluding carboxylic acids is 1. The number of hydrogen-bond donors (Lipinski definition) is 1. The second-order valence-electron chi connectivity index (χ2n) is 9.75. The lowest BCUT2D eigenvalue weighted by molar-refractivity contribution is 0.0865. The third-order valence-electron chi connectivity index (χ3n) is 7.41. The molecule has 3 heterocycles. The minimum absolute atomic E-state index is 0.191. The zero-order chi connectivity index (χ0) is 26.3. The van der Waals surface area contributed by atoms with Crippen molar-refractivity contribution in [3.8, 4) is 17.4 Å². The molecule has 5 aromatic rings. The van der Waals surface area contributed by atoms with Crippen LogP contribution in [0, 0.1) is 6.92 Å². The average molecular weight is 508 g/mol. The van der Waals surface area contributed by atoms with Crippen molar-refractivity contribution >= 4 is 16.8 Å². The third kappa shape index (κ3) is 4.08. The van der Waals surface area contributed by atoms with E-state index >= 15 is 0 Å². The lowest BCUT2D eigenvalue weighted by Gasteiger charge is -2.40. The zero-order valence-corrected chi connectivity index (χ0v) is 21.6. The Hall–Kier alpha value is -4.59. The quantitative estimate of drug-likeness (QED) is 0.356. The summed E-state index contributed by atoms with van der Waals surface area (Å²) in [5, 5.41) is 8.92. The number of nitrogens with zero attached hydrogens (tertiary/aromatic N) is 4. The molecule has 1 aliphatic heterocycles. The van der Waals surface area contributed by atoms with Crippen LogP contribution in [0.4, 0.5) is 0 Å². The highest BCUT2D eigenvalue weighted by Gasteiger charge is 2.39. The van der Waals surface area contributed by atoms with Crippen molar-refractivity contribution in [2.45, 2.75) is 31.8 Å². The first-order chi connectivity index (χ1) is 18.5. The Balaban J connectivity index is 1.37.